The normalized spacial score (nSPS) is 18.7. The number of carbonyl (C=O) groups is 1. The van der Waals surface area contributed by atoms with E-state index in [0.717, 1.165) is 6.07 Å². The van der Waals surface area contributed by atoms with Crippen molar-refractivity contribution in [3.63, 3.8) is 0 Å². The third-order valence-corrected chi connectivity index (χ3v) is 5.56. The number of hydrogen-bond acceptors (Lipinski definition) is 6. The molecule has 27 heavy (non-hydrogen) atoms. The third kappa shape index (κ3) is 4.15. The maximum Gasteiger partial charge on any atom is 0.501 e. The Hall–Kier alpha value is -2.37. The predicted molar refractivity (Wildman–Crippen MR) is 89.8 cm³/mol. The Morgan fingerprint density at radius 2 is 1.85 bits per heavy atom. The molecule has 0 saturated carbocycles. The van der Waals surface area contributed by atoms with E-state index in [1.165, 1.54) is 0 Å². The number of benzene rings is 1. The highest BCUT2D eigenvalue weighted by atomic mass is 32.2. The number of nitrogens with one attached hydrogen (secondary N) is 1. The Labute approximate surface area is 153 Å². The van der Waals surface area contributed by atoms with E-state index in [1.807, 2.05) is 20.8 Å². The molecular weight excluding hydrogens is 391 g/mol. The summed E-state index contributed by atoms with van der Waals surface area (Å²) in [5, 5.41) is 14.0. The summed E-state index contributed by atoms with van der Waals surface area (Å²) >= 11 is 0. The number of alkyl halides is 3. The highest BCUT2D eigenvalue weighted by Gasteiger charge is 2.47. The standard InChI is InChI=1S/C15H18F3N3O5S/c1-14(2,3)20-8-9(6-13(20)22)19-11-5-4-10(7-12(11)21(23)24)27(25,26)15(16,17)18/h4-5,7,9,19H,6,8H2,1-3H3. The van der Waals surface area contributed by atoms with Crippen molar-refractivity contribution < 1.29 is 31.3 Å². The molecule has 1 aliphatic rings. The van der Waals surface area contributed by atoms with Gasteiger partial charge in [-0.2, -0.15) is 13.2 Å². The van der Waals surface area contributed by atoms with Crippen LogP contribution in [-0.2, 0) is 14.6 Å². The number of sulfone groups is 1. The number of halogens is 3. The SMILES string of the molecule is CC(C)(C)N1CC(Nc2ccc(S(=O)(=O)C(F)(F)F)cc2[N+](=O)[O-])CC1=O. The van der Waals surface area contributed by atoms with Gasteiger partial charge in [-0.05, 0) is 32.9 Å². The molecule has 12 heteroatoms. The number of likely N-dealkylation sites (tertiary alicyclic amines) is 1. The average Bonchev–Trinajstić information content (AvgIpc) is 2.86. The summed E-state index contributed by atoms with van der Waals surface area (Å²) in [5.41, 5.74) is -7.00. The molecule has 1 N–H and O–H groups in total. The van der Waals surface area contributed by atoms with Crippen molar-refractivity contribution in [2.45, 2.75) is 49.2 Å². The number of nitro benzene ring substituents is 1. The molecule has 150 valence electrons. The zero-order valence-corrected chi connectivity index (χ0v) is 15.5. The molecule has 1 amide bonds. The summed E-state index contributed by atoms with van der Waals surface area (Å²) in [6.45, 7) is 5.73. The van der Waals surface area contributed by atoms with E-state index in [1.54, 1.807) is 4.90 Å². The highest BCUT2D eigenvalue weighted by Crippen LogP contribution is 2.35. The van der Waals surface area contributed by atoms with Gasteiger partial charge in [0.05, 0.1) is 15.9 Å². The van der Waals surface area contributed by atoms with Gasteiger partial charge < -0.3 is 10.2 Å². The number of rotatable bonds is 4. The molecule has 0 radical (unpaired) electrons. The monoisotopic (exact) mass is 409 g/mol. The molecule has 1 saturated heterocycles. The van der Waals surface area contributed by atoms with E-state index in [9.17, 15) is 36.5 Å². The van der Waals surface area contributed by atoms with Gasteiger partial charge in [0.15, 0.2) is 0 Å². The minimum absolute atomic E-state index is 0.0526. The summed E-state index contributed by atoms with van der Waals surface area (Å²) in [4.78, 5) is 22.7. The Kier molecular flexibility index (Phi) is 5.16. The largest absolute Gasteiger partial charge is 0.501 e. The van der Waals surface area contributed by atoms with Crippen LogP contribution in [0.2, 0.25) is 0 Å². The van der Waals surface area contributed by atoms with Crippen LogP contribution >= 0.6 is 0 Å². The lowest BCUT2D eigenvalue weighted by Gasteiger charge is -2.32. The van der Waals surface area contributed by atoms with Crippen LogP contribution in [0.5, 0.6) is 0 Å². The second-order valence-electron chi connectivity index (χ2n) is 7.11. The van der Waals surface area contributed by atoms with Crippen LogP contribution in [-0.4, -0.2) is 47.8 Å². The smallest absolute Gasteiger partial charge is 0.374 e. The fraction of sp³-hybridized carbons (Fsp3) is 0.533. The predicted octanol–water partition coefficient (Wildman–Crippen LogP) is 2.70. The van der Waals surface area contributed by atoms with Crippen LogP contribution < -0.4 is 5.32 Å². The molecule has 1 heterocycles. The molecule has 0 aliphatic carbocycles. The summed E-state index contributed by atoms with van der Waals surface area (Å²) < 4.78 is 60.9. The Balaban J connectivity index is 2.34. The maximum atomic E-state index is 12.7. The molecule has 0 aromatic heterocycles. The molecule has 1 fully saturated rings. The molecule has 0 spiro atoms. The van der Waals surface area contributed by atoms with Crippen LogP contribution in [0.15, 0.2) is 23.1 Å². The number of nitro groups is 1. The van der Waals surface area contributed by atoms with E-state index >= 15 is 0 Å². The fourth-order valence-electron chi connectivity index (χ4n) is 2.76. The van der Waals surface area contributed by atoms with Crippen molar-refractivity contribution >= 4 is 27.1 Å². The van der Waals surface area contributed by atoms with E-state index in [4.69, 9.17) is 0 Å². The van der Waals surface area contributed by atoms with Gasteiger partial charge in [-0.15, -0.1) is 0 Å². The molecule has 1 atom stereocenters. The van der Waals surface area contributed by atoms with E-state index in [-0.39, 0.29) is 24.6 Å². The zero-order chi connectivity index (χ0) is 20.8. The Morgan fingerprint density at radius 3 is 2.30 bits per heavy atom. The van der Waals surface area contributed by atoms with Gasteiger partial charge in [-0.1, -0.05) is 0 Å². The van der Waals surface area contributed by atoms with Gasteiger partial charge in [0.25, 0.3) is 15.5 Å². The molecular formula is C15H18F3N3O5S. The van der Waals surface area contributed by atoms with Crippen LogP contribution in [0.25, 0.3) is 0 Å². The number of hydrogen-bond donors (Lipinski definition) is 1. The molecule has 1 aromatic rings. The quantitative estimate of drug-likeness (QED) is 0.605. The highest BCUT2D eigenvalue weighted by molar-refractivity contribution is 7.92. The number of amides is 1. The molecule has 1 aliphatic heterocycles. The molecule has 2 rings (SSSR count). The number of anilines is 1. The minimum atomic E-state index is -5.71. The van der Waals surface area contributed by atoms with Gasteiger partial charge in [0.1, 0.15) is 5.69 Å². The second-order valence-corrected chi connectivity index (χ2v) is 9.05. The first-order valence-corrected chi connectivity index (χ1v) is 9.29. The van der Waals surface area contributed by atoms with E-state index < -0.39 is 42.4 Å². The van der Waals surface area contributed by atoms with Crippen molar-refractivity contribution in [1.82, 2.24) is 4.90 Å². The minimum Gasteiger partial charge on any atom is -0.374 e. The van der Waals surface area contributed by atoms with Gasteiger partial charge in [-0.3, -0.25) is 14.9 Å². The fourth-order valence-corrected chi connectivity index (χ4v) is 3.54. The topological polar surface area (TPSA) is 110 Å². The summed E-state index contributed by atoms with van der Waals surface area (Å²) in [6.07, 6.45) is 0.0526. The van der Waals surface area contributed by atoms with Gasteiger partial charge >= 0.3 is 5.51 Å². The average molecular weight is 409 g/mol. The van der Waals surface area contributed by atoms with Crippen LogP contribution in [0.4, 0.5) is 24.5 Å². The Morgan fingerprint density at radius 1 is 1.26 bits per heavy atom. The van der Waals surface area contributed by atoms with Crippen molar-refractivity contribution in [3.05, 3.63) is 28.3 Å². The van der Waals surface area contributed by atoms with Crippen molar-refractivity contribution in [3.8, 4) is 0 Å². The van der Waals surface area contributed by atoms with Crippen molar-refractivity contribution in [2.24, 2.45) is 0 Å². The number of nitrogens with zero attached hydrogens (tertiary/aromatic N) is 2. The van der Waals surface area contributed by atoms with Crippen molar-refractivity contribution in [1.29, 1.82) is 0 Å². The summed E-state index contributed by atoms with van der Waals surface area (Å²) in [6, 6.07) is 1.42. The maximum absolute atomic E-state index is 12.7. The summed E-state index contributed by atoms with van der Waals surface area (Å²) in [5.74, 6) is -0.168. The first-order chi connectivity index (χ1) is 12.1. The van der Waals surface area contributed by atoms with Gasteiger partial charge in [0, 0.05) is 24.6 Å². The Bertz CT molecular complexity index is 878. The van der Waals surface area contributed by atoms with Gasteiger partial charge in [0.2, 0.25) is 5.91 Å². The first-order valence-electron chi connectivity index (χ1n) is 7.81. The lowest BCUT2D eigenvalue weighted by Crippen LogP contribution is -2.43. The number of carbonyl (C=O) groups excluding carboxylic acids is 1. The summed E-state index contributed by atoms with van der Waals surface area (Å²) in [7, 11) is -5.71. The lowest BCUT2D eigenvalue weighted by atomic mass is 10.1. The van der Waals surface area contributed by atoms with Crippen molar-refractivity contribution in [2.75, 3.05) is 11.9 Å². The van der Waals surface area contributed by atoms with Crippen LogP contribution in [0.1, 0.15) is 27.2 Å². The van der Waals surface area contributed by atoms with Crippen LogP contribution in [0.3, 0.4) is 0 Å². The molecule has 1 unspecified atom stereocenters. The second kappa shape index (κ2) is 6.66. The third-order valence-electron chi connectivity index (χ3n) is 4.08. The lowest BCUT2D eigenvalue weighted by molar-refractivity contribution is -0.384. The van der Waals surface area contributed by atoms with Crippen LogP contribution in [0, 0.1) is 10.1 Å². The molecule has 1 aromatic carbocycles. The molecule has 0 bridgehead atoms. The van der Waals surface area contributed by atoms with E-state index in [2.05, 4.69) is 5.32 Å². The molecule has 8 nitrogen and oxygen atoms in total. The van der Waals surface area contributed by atoms with Gasteiger partial charge in [-0.25, -0.2) is 8.42 Å². The zero-order valence-electron chi connectivity index (χ0n) is 14.7. The van der Waals surface area contributed by atoms with E-state index in [0.29, 0.717) is 12.1 Å². The first kappa shape index (κ1) is 20.9.